The number of hydrogen-bond acceptors (Lipinski definition) is 1. The average molecular weight is 213 g/mol. The molecule has 0 bridgehead atoms. The standard InChI is InChI=1S/C11H13ClO2/c1-7-3-8(2)10(6-12)4-9(7)5-11(13)14/h3-4H,5-6H2,1-2H3,(H,13,14). The van der Waals surface area contributed by atoms with Gasteiger partial charge in [0.2, 0.25) is 0 Å². The van der Waals surface area contributed by atoms with Gasteiger partial charge in [-0.1, -0.05) is 12.1 Å². The zero-order valence-corrected chi connectivity index (χ0v) is 9.06. The molecule has 0 saturated heterocycles. The van der Waals surface area contributed by atoms with Gasteiger partial charge in [0.1, 0.15) is 0 Å². The predicted octanol–water partition coefficient (Wildman–Crippen LogP) is 2.67. The maximum absolute atomic E-state index is 10.6. The fourth-order valence-corrected chi connectivity index (χ4v) is 1.73. The summed E-state index contributed by atoms with van der Waals surface area (Å²) in [7, 11) is 0. The Bertz CT molecular complexity index is 359. The van der Waals surface area contributed by atoms with Gasteiger partial charge in [0.15, 0.2) is 0 Å². The van der Waals surface area contributed by atoms with E-state index >= 15 is 0 Å². The molecule has 1 aromatic rings. The summed E-state index contributed by atoms with van der Waals surface area (Å²) in [6.07, 6.45) is 0.0655. The zero-order valence-electron chi connectivity index (χ0n) is 8.30. The largest absolute Gasteiger partial charge is 0.481 e. The van der Waals surface area contributed by atoms with Crippen molar-refractivity contribution in [3.63, 3.8) is 0 Å². The fourth-order valence-electron chi connectivity index (χ4n) is 1.45. The monoisotopic (exact) mass is 212 g/mol. The minimum Gasteiger partial charge on any atom is -0.481 e. The second kappa shape index (κ2) is 4.47. The Hall–Kier alpha value is -1.02. The minimum absolute atomic E-state index is 0.0655. The quantitative estimate of drug-likeness (QED) is 0.783. The highest BCUT2D eigenvalue weighted by atomic mass is 35.5. The van der Waals surface area contributed by atoms with Gasteiger partial charge in [0, 0.05) is 5.88 Å². The summed E-state index contributed by atoms with van der Waals surface area (Å²) in [4.78, 5) is 10.6. The number of carboxylic acid groups (broad SMARTS) is 1. The Labute approximate surface area is 88.5 Å². The molecule has 76 valence electrons. The molecule has 1 N–H and O–H groups in total. The van der Waals surface area contributed by atoms with E-state index in [9.17, 15) is 4.79 Å². The van der Waals surface area contributed by atoms with Crippen molar-refractivity contribution < 1.29 is 9.90 Å². The number of alkyl halides is 1. The van der Waals surface area contributed by atoms with Crippen molar-refractivity contribution in [1.29, 1.82) is 0 Å². The molecule has 0 aliphatic carbocycles. The van der Waals surface area contributed by atoms with Crippen LogP contribution in [0.1, 0.15) is 22.3 Å². The van der Waals surface area contributed by atoms with Gasteiger partial charge in [-0.3, -0.25) is 4.79 Å². The van der Waals surface area contributed by atoms with E-state index < -0.39 is 5.97 Å². The van der Waals surface area contributed by atoms with Crippen molar-refractivity contribution in [3.05, 3.63) is 34.4 Å². The second-order valence-electron chi connectivity index (χ2n) is 3.41. The van der Waals surface area contributed by atoms with E-state index in [1.807, 2.05) is 26.0 Å². The number of rotatable bonds is 3. The molecule has 3 heteroatoms. The second-order valence-corrected chi connectivity index (χ2v) is 3.68. The van der Waals surface area contributed by atoms with Crippen LogP contribution in [-0.2, 0) is 17.1 Å². The Morgan fingerprint density at radius 3 is 2.36 bits per heavy atom. The number of aliphatic carboxylic acids is 1. The third-order valence-corrected chi connectivity index (χ3v) is 2.57. The fraction of sp³-hybridized carbons (Fsp3) is 0.364. The summed E-state index contributed by atoms with van der Waals surface area (Å²) >= 11 is 5.75. The summed E-state index contributed by atoms with van der Waals surface area (Å²) < 4.78 is 0. The first-order valence-corrected chi connectivity index (χ1v) is 4.94. The lowest BCUT2D eigenvalue weighted by molar-refractivity contribution is -0.136. The van der Waals surface area contributed by atoms with Gasteiger partial charge < -0.3 is 5.11 Å². The highest BCUT2D eigenvalue weighted by molar-refractivity contribution is 6.17. The lowest BCUT2D eigenvalue weighted by Gasteiger charge is -2.08. The first-order chi connectivity index (χ1) is 6.54. The van der Waals surface area contributed by atoms with Crippen LogP contribution in [-0.4, -0.2) is 11.1 Å². The molecule has 0 heterocycles. The van der Waals surface area contributed by atoms with Gasteiger partial charge in [0.25, 0.3) is 0 Å². The Morgan fingerprint density at radius 1 is 1.29 bits per heavy atom. The van der Waals surface area contributed by atoms with Crippen molar-refractivity contribution in [2.75, 3.05) is 0 Å². The van der Waals surface area contributed by atoms with E-state index in [0.717, 1.165) is 22.3 Å². The zero-order chi connectivity index (χ0) is 10.7. The summed E-state index contributed by atoms with van der Waals surface area (Å²) in [5.41, 5.74) is 3.98. The molecule has 14 heavy (non-hydrogen) atoms. The highest BCUT2D eigenvalue weighted by Gasteiger charge is 2.07. The van der Waals surface area contributed by atoms with Crippen LogP contribution in [0.3, 0.4) is 0 Å². The number of carboxylic acids is 1. The first-order valence-electron chi connectivity index (χ1n) is 4.41. The third kappa shape index (κ3) is 2.48. The van der Waals surface area contributed by atoms with Gasteiger partial charge in [-0.15, -0.1) is 11.6 Å². The number of aryl methyl sites for hydroxylation is 2. The van der Waals surface area contributed by atoms with Crippen molar-refractivity contribution in [2.24, 2.45) is 0 Å². The number of benzene rings is 1. The van der Waals surface area contributed by atoms with Crippen LogP contribution in [0.4, 0.5) is 0 Å². The van der Waals surface area contributed by atoms with Gasteiger partial charge in [-0.05, 0) is 36.1 Å². The number of halogens is 1. The molecule has 0 radical (unpaired) electrons. The average Bonchev–Trinajstić information content (AvgIpc) is 2.09. The van der Waals surface area contributed by atoms with Crippen molar-refractivity contribution in [3.8, 4) is 0 Å². The molecule has 0 aliphatic heterocycles. The normalized spacial score (nSPS) is 10.2. The lowest BCUT2D eigenvalue weighted by atomic mass is 9.99. The lowest BCUT2D eigenvalue weighted by Crippen LogP contribution is -2.03. The van der Waals surface area contributed by atoms with Crippen LogP contribution in [0.25, 0.3) is 0 Å². The van der Waals surface area contributed by atoms with E-state index in [-0.39, 0.29) is 6.42 Å². The van der Waals surface area contributed by atoms with Crippen molar-refractivity contribution in [2.45, 2.75) is 26.1 Å². The molecule has 0 aromatic heterocycles. The minimum atomic E-state index is -0.808. The Balaban J connectivity index is 3.10. The third-order valence-electron chi connectivity index (χ3n) is 2.28. The number of carbonyl (C=O) groups is 1. The van der Waals surface area contributed by atoms with E-state index in [1.165, 1.54) is 0 Å². The van der Waals surface area contributed by atoms with E-state index in [1.54, 1.807) is 0 Å². The van der Waals surface area contributed by atoms with E-state index in [0.29, 0.717) is 5.88 Å². The van der Waals surface area contributed by atoms with Crippen LogP contribution in [0, 0.1) is 13.8 Å². The van der Waals surface area contributed by atoms with Gasteiger partial charge in [0.05, 0.1) is 6.42 Å². The smallest absolute Gasteiger partial charge is 0.307 e. The molecular formula is C11H13ClO2. The van der Waals surface area contributed by atoms with Crippen molar-refractivity contribution in [1.82, 2.24) is 0 Å². The van der Waals surface area contributed by atoms with Crippen LogP contribution in [0.5, 0.6) is 0 Å². The molecular weight excluding hydrogens is 200 g/mol. The summed E-state index contributed by atoms with van der Waals surface area (Å²) in [5.74, 6) is -0.379. The first kappa shape index (κ1) is 11.1. The summed E-state index contributed by atoms with van der Waals surface area (Å²) in [6.45, 7) is 3.90. The molecule has 0 fully saturated rings. The van der Waals surface area contributed by atoms with Gasteiger partial charge in [-0.2, -0.15) is 0 Å². The molecule has 0 aliphatic rings. The highest BCUT2D eigenvalue weighted by Crippen LogP contribution is 2.18. The summed E-state index contributed by atoms with van der Waals surface area (Å²) in [6, 6.07) is 3.86. The maximum Gasteiger partial charge on any atom is 0.307 e. The predicted molar refractivity (Wildman–Crippen MR) is 56.8 cm³/mol. The molecule has 0 amide bonds. The van der Waals surface area contributed by atoms with E-state index in [2.05, 4.69) is 0 Å². The SMILES string of the molecule is Cc1cc(C)c(CC(=O)O)cc1CCl. The molecule has 0 atom stereocenters. The van der Waals surface area contributed by atoms with Crippen LogP contribution < -0.4 is 0 Å². The van der Waals surface area contributed by atoms with Crippen molar-refractivity contribution >= 4 is 17.6 Å². The van der Waals surface area contributed by atoms with Gasteiger partial charge >= 0.3 is 5.97 Å². The van der Waals surface area contributed by atoms with Gasteiger partial charge in [-0.25, -0.2) is 0 Å². The van der Waals surface area contributed by atoms with Crippen LogP contribution in [0.15, 0.2) is 12.1 Å². The molecule has 0 spiro atoms. The topological polar surface area (TPSA) is 37.3 Å². The molecule has 1 aromatic carbocycles. The van der Waals surface area contributed by atoms with E-state index in [4.69, 9.17) is 16.7 Å². The summed E-state index contributed by atoms with van der Waals surface area (Å²) in [5, 5.41) is 8.69. The number of hydrogen-bond donors (Lipinski definition) is 1. The molecule has 0 unspecified atom stereocenters. The molecule has 2 nitrogen and oxygen atoms in total. The molecule has 1 rings (SSSR count). The van der Waals surface area contributed by atoms with Crippen LogP contribution in [0.2, 0.25) is 0 Å². The van der Waals surface area contributed by atoms with Crippen LogP contribution >= 0.6 is 11.6 Å². The Kier molecular flexibility index (Phi) is 3.53. The Morgan fingerprint density at radius 2 is 1.86 bits per heavy atom. The molecule has 0 saturated carbocycles. The maximum atomic E-state index is 10.6.